The second kappa shape index (κ2) is 7.47. The Balaban J connectivity index is 1.47. The van der Waals surface area contributed by atoms with Crippen LogP contribution in [0.5, 0.6) is 0 Å². The van der Waals surface area contributed by atoms with Crippen molar-refractivity contribution in [3.63, 3.8) is 0 Å². The Labute approximate surface area is 141 Å². The third-order valence-corrected chi connectivity index (χ3v) is 4.50. The number of carbonyl (C=O) groups is 3. The molecule has 24 heavy (non-hydrogen) atoms. The van der Waals surface area contributed by atoms with Crippen LogP contribution in [0.4, 0.5) is 0 Å². The van der Waals surface area contributed by atoms with Crippen LogP contribution in [-0.2, 0) is 9.59 Å². The highest BCUT2D eigenvalue weighted by Crippen LogP contribution is 2.22. The van der Waals surface area contributed by atoms with Crippen molar-refractivity contribution in [3.05, 3.63) is 35.9 Å². The first kappa shape index (κ1) is 16.5. The summed E-state index contributed by atoms with van der Waals surface area (Å²) in [5, 5.41) is 5.66. The van der Waals surface area contributed by atoms with Crippen molar-refractivity contribution in [3.8, 4) is 0 Å². The standard InChI is InChI=1S/C18H23N3O3/c22-16(11-19-17(23)13-5-2-1-3-6-13)21-10-4-7-14(12-21)18(24)20-15-8-9-15/h1-3,5-6,14-15H,4,7-12H2,(H,19,23)(H,20,24)/t14-/m1/s1. The number of likely N-dealkylation sites (tertiary alicyclic amines) is 1. The smallest absolute Gasteiger partial charge is 0.251 e. The van der Waals surface area contributed by atoms with E-state index in [1.807, 2.05) is 6.07 Å². The van der Waals surface area contributed by atoms with Gasteiger partial charge in [0.15, 0.2) is 0 Å². The molecule has 1 aliphatic carbocycles. The number of nitrogens with one attached hydrogen (secondary N) is 2. The first-order valence-corrected chi connectivity index (χ1v) is 8.55. The molecule has 6 nitrogen and oxygen atoms in total. The minimum Gasteiger partial charge on any atom is -0.353 e. The molecule has 0 radical (unpaired) electrons. The van der Waals surface area contributed by atoms with Crippen molar-refractivity contribution in [2.45, 2.75) is 31.7 Å². The highest BCUT2D eigenvalue weighted by Gasteiger charge is 2.31. The Morgan fingerprint density at radius 3 is 2.54 bits per heavy atom. The summed E-state index contributed by atoms with van der Waals surface area (Å²) in [6, 6.07) is 9.16. The molecule has 3 rings (SSSR count). The second-order valence-corrected chi connectivity index (χ2v) is 6.51. The van der Waals surface area contributed by atoms with E-state index in [9.17, 15) is 14.4 Å². The summed E-state index contributed by atoms with van der Waals surface area (Å²) in [5.74, 6) is -0.469. The van der Waals surface area contributed by atoms with Gasteiger partial charge in [-0.3, -0.25) is 14.4 Å². The van der Waals surface area contributed by atoms with Crippen molar-refractivity contribution in [2.75, 3.05) is 19.6 Å². The number of nitrogens with zero attached hydrogens (tertiary/aromatic N) is 1. The Bertz CT molecular complexity index is 613. The van der Waals surface area contributed by atoms with E-state index in [0.29, 0.717) is 24.7 Å². The Morgan fingerprint density at radius 2 is 1.83 bits per heavy atom. The molecule has 2 aliphatic rings. The van der Waals surface area contributed by atoms with E-state index in [-0.39, 0.29) is 30.2 Å². The quantitative estimate of drug-likeness (QED) is 0.844. The Morgan fingerprint density at radius 1 is 1.08 bits per heavy atom. The third kappa shape index (κ3) is 4.34. The van der Waals surface area contributed by atoms with Crippen LogP contribution in [-0.4, -0.2) is 48.3 Å². The van der Waals surface area contributed by atoms with Gasteiger partial charge in [0.05, 0.1) is 12.5 Å². The van der Waals surface area contributed by atoms with Crippen LogP contribution in [0.1, 0.15) is 36.0 Å². The summed E-state index contributed by atoms with van der Waals surface area (Å²) in [6.07, 6.45) is 3.76. The predicted molar refractivity (Wildman–Crippen MR) is 89.2 cm³/mol. The minimum atomic E-state index is -0.260. The van der Waals surface area contributed by atoms with Crippen molar-refractivity contribution in [2.24, 2.45) is 5.92 Å². The van der Waals surface area contributed by atoms with Gasteiger partial charge in [-0.05, 0) is 37.8 Å². The lowest BCUT2D eigenvalue weighted by Crippen LogP contribution is -2.48. The van der Waals surface area contributed by atoms with Crippen LogP contribution < -0.4 is 10.6 Å². The predicted octanol–water partition coefficient (Wildman–Crippen LogP) is 0.934. The van der Waals surface area contributed by atoms with Gasteiger partial charge in [-0.1, -0.05) is 18.2 Å². The lowest BCUT2D eigenvalue weighted by atomic mass is 9.97. The second-order valence-electron chi connectivity index (χ2n) is 6.51. The number of piperidine rings is 1. The number of carbonyl (C=O) groups excluding carboxylic acids is 3. The Kier molecular flexibility index (Phi) is 5.13. The van der Waals surface area contributed by atoms with Crippen LogP contribution in [0.15, 0.2) is 30.3 Å². The molecule has 3 amide bonds. The van der Waals surface area contributed by atoms with Crippen LogP contribution in [0.2, 0.25) is 0 Å². The van der Waals surface area contributed by atoms with Crippen molar-refractivity contribution in [1.82, 2.24) is 15.5 Å². The molecule has 0 bridgehead atoms. The summed E-state index contributed by atoms with van der Waals surface area (Å²) in [4.78, 5) is 38.1. The maximum Gasteiger partial charge on any atom is 0.251 e. The molecule has 128 valence electrons. The average Bonchev–Trinajstić information content (AvgIpc) is 3.44. The molecule has 1 aromatic rings. The molecular formula is C18H23N3O3. The summed E-state index contributed by atoms with van der Waals surface area (Å²) < 4.78 is 0. The molecule has 6 heteroatoms. The van der Waals surface area contributed by atoms with Gasteiger partial charge in [0.1, 0.15) is 0 Å². The lowest BCUT2D eigenvalue weighted by Gasteiger charge is -2.32. The highest BCUT2D eigenvalue weighted by atomic mass is 16.2. The molecule has 1 saturated heterocycles. The van der Waals surface area contributed by atoms with E-state index in [2.05, 4.69) is 10.6 Å². The molecule has 0 unspecified atom stereocenters. The SMILES string of the molecule is O=C(NCC(=O)N1CCC[C@@H](C(=O)NC2CC2)C1)c1ccccc1. The summed E-state index contributed by atoms with van der Waals surface area (Å²) in [7, 11) is 0. The third-order valence-electron chi connectivity index (χ3n) is 4.50. The summed E-state index contributed by atoms with van der Waals surface area (Å²) >= 11 is 0. The van der Waals surface area contributed by atoms with Crippen LogP contribution in [0.3, 0.4) is 0 Å². The number of hydrogen-bond acceptors (Lipinski definition) is 3. The molecule has 2 N–H and O–H groups in total. The zero-order valence-electron chi connectivity index (χ0n) is 13.7. The van der Waals surface area contributed by atoms with Crippen LogP contribution in [0, 0.1) is 5.92 Å². The van der Waals surface area contributed by atoms with Gasteiger partial charge < -0.3 is 15.5 Å². The van der Waals surface area contributed by atoms with Crippen molar-refractivity contribution < 1.29 is 14.4 Å². The van der Waals surface area contributed by atoms with E-state index in [1.165, 1.54) is 0 Å². The van der Waals surface area contributed by atoms with E-state index >= 15 is 0 Å². The van der Waals surface area contributed by atoms with Crippen molar-refractivity contribution in [1.29, 1.82) is 0 Å². The highest BCUT2D eigenvalue weighted by molar-refractivity contribution is 5.96. The van der Waals surface area contributed by atoms with Gasteiger partial charge >= 0.3 is 0 Å². The molecule has 1 heterocycles. The molecule has 2 fully saturated rings. The number of amides is 3. The fourth-order valence-corrected chi connectivity index (χ4v) is 2.92. The summed E-state index contributed by atoms with van der Waals surface area (Å²) in [6.45, 7) is 1.05. The monoisotopic (exact) mass is 329 g/mol. The largest absolute Gasteiger partial charge is 0.353 e. The van der Waals surface area contributed by atoms with Crippen molar-refractivity contribution >= 4 is 17.7 Å². The van der Waals surface area contributed by atoms with Crippen LogP contribution in [0.25, 0.3) is 0 Å². The molecule has 0 spiro atoms. The maximum atomic E-state index is 12.3. The molecule has 1 aromatic carbocycles. The minimum absolute atomic E-state index is 0.0370. The zero-order valence-corrected chi connectivity index (χ0v) is 13.7. The van der Waals surface area contributed by atoms with Gasteiger partial charge in [0, 0.05) is 24.7 Å². The first-order chi connectivity index (χ1) is 11.6. The first-order valence-electron chi connectivity index (χ1n) is 8.55. The lowest BCUT2D eigenvalue weighted by molar-refractivity contribution is -0.134. The van der Waals surface area contributed by atoms with E-state index < -0.39 is 0 Å². The molecule has 0 aromatic heterocycles. The molecular weight excluding hydrogens is 306 g/mol. The fourth-order valence-electron chi connectivity index (χ4n) is 2.92. The molecule has 1 atom stereocenters. The van der Waals surface area contributed by atoms with Gasteiger partial charge in [0.25, 0.3) is 5.91 Å². The molecule has 1 saturated carbocycles. The van der Waals surface area contributed by atoms with E-state index in [1.54, 1.807) is 29.2 Å². The van der Waals surface area contributed by atoms with Crippen LogP contribution >= 0.6 is 0 Å². The van der Waals surface area contributed by atoms with Gasteiger partial charge in [-0.25, -0.2) is 0 Å². The number of benzene rings is 1. The normalized spacial score (nSPS) is 20.3. The van der Waals surface area contributed by atoms with Gasteiger partial charge in [0.2, 0.25) is 11.8 Å². The zero-order chi connectivity index (χ0) is 16.9. The van der Waals surface area contributed by atoms with E-state index in [0.717, 1.165) is 25.7 Å². The molecule has 1 aliphatic heterocycles. The fraction of sp³-hybridized carbons (Fsp3) is 0.500. The summed E-state index contributed by atoms with van der Waals surface area (Å²) in [5.41, 5.74) is 0.533. The maximum absolute atomic E-state index is 12.3. The van der Waals surface area contributed by atoms with Gasteiger partial charge in [-0.2, -0.15) is 0 Å². The number of hydrogen-bond donors (Lipinski definition) is 2. The number of rotatable bonds is 5. The average molecular weight is 329 g/mol. The van der Waals surface area contributed by atoms with E-state index in [4.69, 9.17) is 0 Å². The Hall–Kier alpha value is -2.37. The topological polar surface area (TPSA) is 78.5 Å². The van der Waals surface area contributed by atoms with Gasteiger partial charge in [-0.15, -0.1) is 0 Å².